The van der Waals surface area contributed by atoms with Gasteiger partial charge in [0.1, 0.15) is 0 Å². The van der Waals surface area contributed by atoms with Crippen molar-refractivity contribution in [3.8, 4) is 0 Å². The maximum atomic E-state index is 10.8. The molecular formula is C11H14INO2. The molecule has 0 bridgehead atoms. The second kappa shape index (κ2) is 6.05. The molecule has 4 heteroatoms. The van der Waals surface area contributed by atoms with E-state index in [0.717, 1.165) is 34.8 Å². The van der Waals surface area contributed by atoms with Crippen molar-refractivity contribution < 1.29 is 4.92 Å². The van der Waals surface area contributed by atoms with Crippen molar-refractivity contribution >= 4 is 28.3 Å². The van der Waals surface area contributed by atoms with Gasteiger partial charge in [-0.25, -0.2) is 0 Å². The number of rotatable bonds is 5. The van der Waals surface area contributed by atoms with E-state index in [1.807, 2.05) is 6.07 Å². The SMILES string of the molecule is CCCCCc1c(I)cccc1[N+](=O)[O-]. The monoisotopic (exact) mass is 319 g/mol. The van der Waals surface area contributed by atoms with Crippen LogP contribution >= 0.6 is 22.6 Å². The second-order valence-corrected chi connectivity index (χ2v) is 4.61. The Balaban J connectivity index is 2.87. The number of halogens is 1. The van der Waals surface area contributed by atoms with Crippen LogP contribution in [0.25, 0.3) is 0 Å². The van der Waals surface area contributed by atoms with E-state index in [2.05, 4.69) is 29.5 Å². The van der Waals surface area contributed by atoms with E-state index in [1.165, 1.54) is 0 Å². The summed E-state index contributed by atoms with van der Waals surface area (Å²) < 4.78 is 0.998. The lowest BCUT2D eigenvalue weighted by molar-refractivity contribution is -0.385. The number of hydrogen-bond acceptors (Lipinski definition) is 2. The van der Waals surface area contributed by atoms with Gasteiger partial charge >= 0.3 is 0 Å². The van der Waals surface area contributed by atoms with Crippen LogP contribution in [0.2, 0.25) is 0 Å². The second-order valence-electron chi connectivity index (χ2n) is 3.45. The average molecular weight is 319 g/mol. The summed E-state index contributed by atoms with van der Waals surface area (Å²) in [6.07, 6.45) is 4.10. The molecule has 0 fully saturated rings. The fourth-order valence-corrected chi connectivity index (χ4v) is 2.27. The first-order chi connectivity index (χ1) is 7.16. The Labute approximate surface area is 103 Å². The van der Waals surface area contributed by atoms with E-state index in [1.54, 1.807) is 12.1 Å². The van der Waals surface area contributed by atoms with Gasteiger partial charge in [-0.05, 0) is 41.5 Å². The van der Waals surface area contributed by atoms with Crippen molar-refractivity contribution in [3.05, 3.63) is 37.4 Å². The van der Waals surface area contributed by atoms with Gasteiger partial charge in [-0.15, -0.1) is 0 Å². The van der Waals surface area contributed by atoms with Gasteiger partial charge in [-0.1, -0.05) is 25.8 Å². The summed E-state index contributed by atoms with van der Waals surface area (Å²) in [5.41, 5.74) is 1.15. The molecule has 0 aliphatic rings. The predicted octanol–water partition coefficient (Wildman–Crippen LogP) is 3.93. The highest BCUT2D eigenvalue weighted by atomic mass is 127. The number of hydrogen-bond donors (Lipinski definition) is 0. The summed E-state index contributed by atoms with van der Waals surface area (Å²) in [6, 6.07) is 5.25. The third kappa shape index (κ3) is 3.44. The lowest BCUT2D eigenvalue weighted by Crippen LogP contribution is -1.98. The van der Waals surface area contributed by atoms with Gasteiger partial charge in [0.15, 0.2) is 0 Å². The van der Waals surface area contributed by atoms with Crippen molar-refractivity contribution in [2.45, 2.75) is 32.6 Å². The first-order valence-electron chi connectivity index (χ1n) is 5.08. The maximum Gasteiger partial charge on any atom is 0.273 e. The van der Waals surface area contributed by atoms with E-state index in [-0.39, 0.29) is 10.6 Å². The molecule has 15 heavy (non-hydrogen) atoms. The quantitative estimate of drug-likeness (QED) is 0.357. The smallest absolute Gasteiger partial charge is 0.258 e. The Bertz CT molecular complexity index is 352. The maximum absolute atomic E-state index is 10.8. The number of nitrogens with zero attached hydrogens (tertiary/aromatic N) is 1. The topological polar surface area (TPSA) is 43.1 Å². The molecule has 0 radical (unpaired) electrons. The van der Waals surface area contributed by atoms with Crippen molar-refractivity contribution in [1.29, 1.82) is 0 Å². The van der Waals surface area contributed by atoms with Crippen LogP contribution in [0.1, 0.15) is 31.7 Å². The molecule has 0 saturated carbocycles. The van der Waals surface area contributed by atoms with Gasteiger partial charge < -0.3 is 0 Å². The van der Waals surface area contributed by atoms with Gasteiger partial charge in [-0.2, -0.15) is 0 Å². The molecule has 1 aromatic rings. The highest BCUT2D eigenvalue weighted by Crippen LogP contribution is 2.25. The standard InChI is InChI=1S/C11H14INO2/c1-2-3-4-6-9-10(12)7-5-8-11(9)13(14)15/h5,7-8H,2-4,6H2,1H3. The molecular weight excluding hydrogens is 305 g/mol. The lowest BCUT2D eigenvalue weighted by atomic mass is 10.1. The van der Waals surface area contributed by atoms with Crippen molar-refractivity contribution in [2.75, 3.05) is 0 Å². The minimum absolute atomic E-state index is 0.262. The molecule has 0 atom stereocenters. The normalized spacial score (nSPS) is 10.3. The first kappa shape index (κ1) is 12.4. The van der Waals surface area contributed by atoms with Gasteiger partial charge in [0.2, 0.25) is 0 Å². The van der Waals surface area contributed by atoms with Crippen molar-refractivity contribution in [1.82, 2.24) is 0 Å². The van der Waals surface area contributed by atoms with E-state index in [0.29, 0.717) is 0 Å². The Morgan fingerprint density at radius 1 is 1.40 bits per heavy atom. The molecule has 0 amide bonds. The van der Waals surface area contributed by atoms with Crippen LogP contribution in [0.5, 0.6) is 0 Å². The molecule has 3 nitrogen and oxygen atoms in total. The average Bonchev–Trinajstić information content (AvgIpc) is 2.20. The fraction of sp³-hybridized carbons (Fsp3) is 0.455. The highest BCUT2D eigenvalue weighted by Gasteiger charge is 2.15. The zero-order valence-electron chi connectivity index (χ0n) is 8.70. The Hall–Kier alpha value is -0.650. The zero-order chi connectivity index (χ0) is 11.3. The van der Waals surface area contributed by atoms with Crippen LogP contribution in [0.4, 0.5) is 5.69 Å². The molecule has 0 spiro atoms. The van der Waals surface area contributed by atoms with Crippen LogP contribution in [0.3, 0.4) is 0 Å². The van der Waals surface area contributed by atoms with Crippen LogP contribution in [-0.2, 0) is 6.42 Å². The molecule has 82 valence electrons. The van der Waals surface area contributed by atoms with Crippen molar-refractivity contribution in [2.24, 2.45) is 0 Å². The van der Waals surface area contributed by atoms with Crippen LogP contribution < -0.4 is 0 Å². The summed E-state index contributed by atoms with van der Waals surface area (Å²) >= 11 is 2.17. The Kier molecular flexibility index (Phi) is 5.01. The third-order valence-corrected chi connectivity index (χ3v) is 3.33. The van der Waals surface area contributed by atoms with E-state index >= 15 is 0 Å². The molecule has 0 aromatic heterocycles. The van der Waals surface area contributed by atoms with E-state index in [4.69, 9.17) is 0 Å². The van der Waals surface area contributed by atoms with Gasteiger partial charge in [-0.3, -0.25) is 10.1 Å². The summed E-state index contributed by atoms with van der Waals surface area (Å²) in [4.78, 5) is 10.5. The lowest BCUT2D eigenvalue weighted by Gasteiger charge is -2.04. The molecule has 0 N–H and O–H groups in total. The minimum Gasteiger partial charge on any atom is -0.258 e. The van der Waals surface area contributed by atoms with Gasteiger partial charge in [0.25, 0.3) is 5.69 Å². The molecule has 0 aliphatic carbocycles. The molecule has 0 heterocycles. The van der Waals surface area contributed by atoms with Crippen LogP contribution in [0, 0.1) is 13.7 Å². The molecule has 1 rings (SSSR count). The van der Waals surface area contributed by atoms with Gasteiger partial charge in [0, 0.05) is 15.2 Å². The van der Waals surface area contributed by atoms with Crippen molar-refractivity contribution in [3.63, 3.8) is 0 Å². The number of benzene rings is 1. The summed E-state index contributed by atoms with van der Waals surface area (Å²) in [6.45, 7) is 2.13. The highest BCUT2D eigenvalue weighted by molar-refractivity contribution is 14.1. The van der Waals surface area contributed by atoms with E-state index < -0.39 is 0 Å². The minimum atomic E-state index is -0.288. The molecule has 0 aliphatic heterocycles. The number of nitro benzene ring substituents is 1. The zero-order valence-corrected chi connectivity index (χ0v) is 10.9. The molecule has 0 unspecified atom stereocenters. The summed E-state index contributed by atoms with van der Waals surface area (Å²) in [5.74, 6) is 0. The van der Waals surface area contributed by atoms with Crippen LogP contribution in [0.15, 0.2) is 18.2 Å². The Morgan fingerprint density at radius 3 is 2.73 bits per heavy atom. The molecule has 0 saturated heterocycles. The largest absolute Gasteiger partial charge is 0.273 e. The van der Waals surface area contributed by atoms with Crippen LogP contribution in [-0.4, -0.2) is 4.92 Å². The Morgan fingerprint density at radius 2 is 2.13 bits per heavy atom. The summed E-state index contributed by atoms with van der Waals surface area (Å²) in [5, 5.41) is 10.8. The first-order valence-corrected chi connectivity index (χ1v) is 6.16. The molecule has 1 aromatic carbocycles. The van der Waals surface area contributed by atoms with Gasteiger partial charge in [0.05, 0.1) is 4.92 Å². The summed E-state index contributed by atoms with van der Waals surface area (Å²) in [7, 11) is 0. The number of nitro groups is 1. The van der Waals surface area contributed by atoms with E-state index in [9.17, 15) is 10.1 Å². The fourth-order valence-electron chi connectivity index (χ4n) is 1.52. The number of unbranched alkanes of at least 4 members (excludes halogenated alkanes) is 2. The predicted molar refractivity (Wildman–Crippen MR) is 69.0 cm³/mol. The third-order valence-electron chi connectivity index (χ3n) is 2.32.